The van der Waals surface area contributed by atoms with Crippen LogP contribution in [0.4, 0.5) is 0 Å². The van der Waals surface area contributed by atoms with E-state index in [4.69, 9.17) is 5.73 Å². The summed E-state index contributed by atoms with van der Waals surface area (Å²) >= 11 is 1.65. The van der Waals surface area contributed by atoms with Crippen molar-refractivity contribution in [1.29, 1.82) is 0 Å². The number of rotatable bonds is 6. The van der Waals surface area contributed by atoms with Gasteiger partial charge in [-0.25, -0.2) is 0 Å². The molecule has 4 nitrogen and oxygen atoms in total. The first-order valence-corrected chi connectivity index (χ1v) is 7.41. The zero-order valence-electron chi connectivity index (χ0n) is 11.1. The minimum Gasteiger partial charge on any atom is -0.508 e. The van der Waals surface area contributed by atoms with Gasteiger partial charge in [-0.15, -0.1) is 0 Å². The molecule has 1 unspecified atom stereocenters. The molecule has 2 aromatic rings. The fourth-order valence-corrected chi connectivity index (χ4v) is 2.58. The molecule has 0 saturated heterocycles. The molecular weight excluding hydrogens is 272 g/mol. The fraction of sp³-hybridized carbons (Fsp3) is 0.267. The lowest BCUT2D eigenvalue weighted by Crippen LogP contribution is -2.42. The molecule has 20 heavy (non-hydrogen) atoms. The first kappa shape index (κ1) is 14.6. The second-order valence-electron chi connectivity index (χ2n) is 4.65. The van der Waals surface area contributed by atoms with Crippen molar-refractivity contribution in [2.24, 2.45) is 5.73 Å². The summed E-state index contributed by atoms with van der Waals surface area (Å²) in [5.74, 6) is 0.0656. The molecule has 0 aliphatic heterocycles. The first-order chi connectivity index (χ1) is 9.65. The maximum Gasteiger partial charge on any atom is 0.237 e. The van der Waals surface area contributed by atoms with Gasteiger partial charge >= 0.3 is 0 Å². The van der Waals surface area contributed by atoms with Crippen LogP contribution in [0.1, 0.15) is 11.1 Å². The Morgan fingerprint density at radius 2 is 2.00 bits per heavy atom. The lowest BCUT2D eigenvalue weighted by molar-refractivity contribution is -0.122. The fourth-order valence-electron chi connectivity index (χ4n) is 1.87. The Hall–Kier alpha value is -1.85. The van der Waals surface area contributed by atoms with E-state index in [1.807, 2.05) is 11.4 Å². The van der Waals surface area contributed by atoms with Crippen molar-refractivity contribution in [3.8, 4) is 5.75 Å². The summed E-state index contributed by atoms with van der Waals surface area (Å²) in [5.41, 5.74) is 8.03. The molecule has 0 fully saturated rings. The number of hydrogen-bond donors (Lipinski definition) is 3. The van der Waals surface area contributed by atoms with Crippen molar-refractivity contribution >= 4 is 17.2 Å². The van der Waals surface area contributed by atoms with Crippen molar-refractivity contribution < 1.29 is 9.90 Å². The number of nitrogens with two attached hydrogens (primary N) is 1. The predicted octanol–water partition coefficient (Wildman–Crippen LogP) is 1.68. The van der Waals surface area contributed by atoms with E-state index in [2.05, 4.69) is 10.7 Å². The summed E-state index contributed by atoms with van der Waals surface area (Å²) in [6.45, 7) is 0.596. The highest BCUT2D eigenvalue weighted by Gasteiger charge is 2.13. The average molecular weight is 290 g/mol. The number of nitrogens with one attached hydrogen (secondary N) is 1. The van der Waals surface area contributed by atoms with E-state index in [0.29, 0.717) is 13.0 Å². The number of carbonyl (C=O) groups excluding carboxylic acids is 1. The Morgan fingerprint density at radius 3 is 2.65 bits per heavy atom. The molecule has 0 spiro atoms. The van der Waals surface area contributed by atoms with Crippen molar-refractivity contribution in [3.05, 3.63) is 52.2 Å². The van der Waals surface area contributed by atoms with Gasteiger partial charge in [-0.2, -0.15) is 11.3 Å². The Balaban J connectivity index is 1.75. The quantitative estimate of drug-likeness (QED) is 0.757. The first-order valence-electron chi connectivity index (χ1n) is 6.47. The smallest absolute Gasteiger partial charge is 0.237 e. The minimum absolute atomic E-state index is 0.145. The molecule has 0 bridgehead atoms. The molecule has 0 aliphatic rings. The van der Waals surface area contributed by atoms with Crippen molar-refractivity contribution in [2.45, 2.75) is 18.9 Å². The lowest BCUT2D eigenvalue weighted by atomic mass is 10.1. The molecule has 0 radical (unpaired) electrons. The van der Waals surface area contributed by atoms with Crippen LogP contribution in [0.5, 0.6) is 5.75 Å². The van der Waals surface area contributed by atoms with Crippen LogP contribution in [0, 0.1) is 0 Å². The summed E-state index contributed by atoms with van der Waals surface area (Å²) in [6.07, 6.45) is 1.28. The van der Waals surface area contributed by atoms with Crippen molar-refractivity contribution in [3.63, 3.8) is 0 Å². The topological polar surface area (TPSA) is 75.3 Å². The highest BCUT2D eigenvalue weighted by atomic mass is 32.1. The third-order valence-corrected chi connectivity index (χ3v) is 3.75. The zero-order chi connectivity index (χ0) is 14.4. The summed E-state index contributed by atoms with van der Waals surface area (Å²) in [7, 11) is 0. The number of phenols is 1. The van der Waals surface area contributed by atoms with Crippen LogP contribution in [-0.2, 0) is 17.6 Å². The largest absolute Gasteiger partial charge is 0.508 e. The summed E-state index contributed by atoms with van der Waals surface area (Å²) in [6, 6.07) is 8.21. The maximum absolute atomic E-state index is 11.9. The Labute approximate surface area is 122 Å². The van der Waals surface area contributed by atoms with Gasteiger partial charge in [-0.05, 0) is 52.9 Å². The molecule has 1 aromatic heterocycles. The number of carbonyl (C=O) groups is 1. The van der Waals surface area contributed by atoms with Crippen LogP contribution >= 0.6 is 11.3 Å². The molecule has 4 N–H and O–H groups in total. The van der Waals surface area contributed by atoms with Gasteiger partial charge in [0.1, 0.15) is 5.75 Å². The highest BCUT2D eigenvalue weighted by molar-refractivity contribution is 7.07. The second kappa shape index (κ2) is 7.07. The number of hydrogen-bond acceptors (Lipinski definition) is 4. The van der Waals surface area contributed by atoms with Crippen molar-refractivity contribution in [1.82, 2.24) is 5.32 Å². The van der Waals surface area contributed by atoms with E-state index in [9.17, 15) is 9.90 Å². The van der Waals surface area contributed by atoms with Gasteiger partial charge in [0.2, 0.25) is 5.91 Å². The maximum atomic E-state index is 11.9. The van der Waals surface area contributed by atoms with E-state index >= 15 is 0 Å². The molecule has 5 heteroatoms. The summed E-state index contributed by atoms with van der Waals surface area (Å²) in [5, 5.41) is 16.1. The Kier molecular flexibility index (Phi) is 5.15. The molecule has 106 valence electrons. The molecule has 0 saturated carbocycles. The summed E-state index contributed by atoms with van der Waals surface area (Å²) in [4.78, 5) is 11.9. The molecule has 2 rings (SSSR count). The standard InChI is InChI=1S/C15H18N2O2S/c16-14(9-11-1-3-13(18)4-2-11)15(19)17-7-5-12-6-8-20-10-12/h1-4,6,8,10,14,18H,5,7,9,16H2,(H,17,19). The molecule has 1 amide bonds. The van der Waals surface area contributed by atoms with Crippen LogP contribution in [0.3, 0.4) is 0 Å². The van der Waals surface area contributed by atoms with Gasteiger partial charge in [-0.1, -0.05) is 12.1 Å². The molecule has 0 aliphatic carbocycles. The number of benzene rings is 1. The van der Waals surface area contributed by atoms with Gasteiger partial charge < -0.3 is 16.2 Å². The molecule has 1 atom stereocenters. The van der Waals surface area contributed by atoms with E-state index in [-0.39, 0.29) is 11.7 Å². The van der Waals surface area contributed by atoms with Crippen LogP contribution in [-0.4, -0.2) is 23.6 Å². The number of amides is 1. The number of phenolic OH excluding ortho intramolecular Hbond substituents is 1. The number of thiophene rings is 1. The number of aromatic hydroxyl groups is 1. The SMILES string of the molecule is NC(Cc1ccc(O)cc1)C(=O)NCCc1ccsc1. The van der Waals surface area contributed by atoms with Crippen molar-refractivity contribution in [2.75, 3.05) is 6.54 Å². The van der Waals surface area contributed by atoms with Gasteiger partial charge in [0.05, 0.1) is 6.04 Å². The van der Waals surface area contributed by atoms with E-state index < -0.39 is 6.04 Å². The van der Waals surface area contributed by atoms with Crippen LogP contribution in [0.15, 0.2) is 41.1 Å². The molecule has 1 aromatic carbocycles. The minimum atomic E-state index is -0.568. The van der Waals surface area contributed by atoms with Gasteiger partial charge in [0.25, 0.3) is 0 Å². The second-order valence-corrected chi connectivity index (χ2v) is 5.43. The van der Waals surface area contributed by atoms with Gasteiger partial charge in [-0.3, -0.25) is 4.79 Å². The average Bonchev–Trinajstić information content (AvgIpc) is 2.94. The van der Waals surface area contributed by atoms with Gasteiger partial charge in [0.15, 0.2) is 0 Å². The zero-order valence-corrected chi connectivity index (χ0v) is 11.9. The van der Waals surface area contributed by atoms with Gasteiger partial charge in [0, 0.05) is 6.54 Å². The predicted molar refractivity (Wildman–Crippen MR) is 80.8 cm³/mol. The third kappa shape index (κ3) is 4.36. The van der Waals surface area contributed by atoms with E-state index in [1.165, 1.54) is 5.56 Å². The summed E-state index contributed by atoms with van der Waals surface area (Å²) < 4.78 is 0. The van der Waals surface area contributed by atoms with Crippen LogP contribution < -0.4 is 11.1 Å². The van der Waals surface area contributed by atoms with E-state index in [1.54, 1.807) is 35.6 Å². The normalized spacial score (nSPS) is 12.1. The third-order valence-electron chi connectivity index (χ3n) is 3.02. The van der Waals surface area contributed by atoms with Crippen LogP contribution in [0.25, 0.3) is 0 Å². The molecule has 1 heterocycles. The molecular formula is C15H18N2O2S. The lowest BCUT2D eigenvalue weighted by Gasteiger charge is -2.12. The van der Waals surface area contributed by atoms with E-state index in [0.717, 1.165) is 12.0 Å². The monoisotopic (exact) mass is 290 g/mol. The highest BCUT2D eigenvalue weighted by Crippen LogP contribution is 2.11. The Bertz CT molecular complexity index is 538. The Morgan fingerprint density at radius 1 is 1.25 bits per heavy atom. The van der Waals surface area contributed by atoms with Crippen LogP contribution in [0.2, 0.25) is 0 Å².